The Labute approximate surface area is 97.8 Å². The molecule has 17 heavy (non-hydrogen) atoms. The zero-order valence-corrected chi connectivity index (χ0v) is 8.92. The third-order valence-corrected chi connectivity index (χ3v) is 2.62. The normalized spacial score (nSPS) is 12.5. The quantitative estimate of drug-likeness (QED) is 0.738. The fourth-order valence-electron chi connectivity index (χ4n) is 1.85. The maximum absolute atomic E-state index is 10.9. The highest BCUT2D eigenvalue weighted by Crippen LogP contribution is 2.41. The predicted octanol–water partition coefficient (Wildman–Crippen LogP) is 2.29. The van der Waals surface area contributed by atoms with Crippen LogP contribution in [-0.2, 0) is 0 Å². The van der Waals surface area contributed by atoms with Crippen LogP contribution in [0.1, 0.15) is 10.4 Å². The van der Waals surface area contributed by atoms with Gasteiger partial charge in [-0.25, -0.2) is 0 Å². The molecule has 0 N–H and O–H groups in total. The first-order valence-corrected chi connectivity index (χ1v) is 5.18. The summed E-state index contributed by atoms with van der Waals surface area (Å²) in [4.78, 5) is 14.8. The van der Waals surface area contributed by atoms with Crippen LogP contribution in [0.3, 0.4) is 0 Å². The molecule has 1 aliphatic rings. The van der Waals surface area contributed by atoms with Crippen molar-refractivity contribution in [2.24, 2.45) is 0 Å². The van der Waals surface area contributed by atoms with Crippen LogP contribution < -0.4 is 9.47 Å². The monoisotopic (exact) mass is 227 g/mol. The van der Waals surface area contributed by atoms with E-state index in [1.54, 1.807) is 24.5 Å². The van der Waals surface area contributed by atoms with Crippen molar-refractivity contribution in [3.05, 3.63) is 42.2 Å². The first kappa shape index (κ1) is 9.84. The number of ether oxygens (including phenoxy) is 2. The van der Waals surface area contributed by atoms with Crippen LogP contribution in [0.5, 0.6) is 11.5 Å². The highest BCUT2D eigenvalue weighted by atomic mass is 16.7. The number of aldehydes is 1. The van der Waals surface area contributed by atoms with Crippen LogP contribution >= 0.6 is 0 Å². The van der Waals surface area contributed by atoms with Crippen molar-refractivity contribution in [3.8, 4) is 22.6 Å². The van der Waals surface area contributed by atoms with Crippen molar-refractivity contribution in [2.75, 3.05) is 6.79 Å². The second-order valence-corrected chi connectivity index (χ2v) is 3.66. The number of carbonyl (C=O) groups is 1. The lowest BCUT2D eigenvalue weighted by Gasteiger charge is -2.06. The lowest BCUT2D eigenvalue weighted by atomic mass is 10.0. The zero-order valence-electron chi connectivity index (χ0n) is 8.92. The summed E-state index contributed by atoms with van der Waals surface area (Å²) < 4.78 is 10.7. The second-order valence-electron chi connectivity index (χ2n) is 3.66. The molecule has 0 radical (unpaired) electrons. The van der Waals surface area contributed by atoms with Crippen LogP contribution in [0.15, 0.2) is 36.7 Å². The minimum Gasteiger partial charge on any atom is -0.454 e. The summed E-state index contributed by atoms with van der Waals surface area (Å²) in [6.07, 6.45) is 4.20. The first-order chi connectivity index (χ1) is 8.38. The van der Waals surface area contributed by atoms with Crippen LogP contribution in [-0.4, -0.2) is 18.1 Å². The van der Waals surface area contributed by atoms with Crippen molar-refractivity contribution in [1.82, 2.24) is 4.98 Å². The Bertz CT molecular complexity index is 566. The lowest BCUT2D eigenvalue weighted by Crippen LogP contribution is -1.93. The van der Waals surface area contributed by atoms with E-state index in [4.69, 9.17) is 9.47 Å². The van der Waals surface area contributed by atoms with Gasteiger partial charge in [-0.2, -0.15) is 0 Å². The fourth-order valence-corrected chi connectivity index (χ4v) is 1.85. The molecule has 0 amide bonds. The summed E-state index contributed by atoms with van der Waals surface area (Å²) >= 11 is 0. The maximum atomic E-state index is 10.9. The van der Waals surface area contributed by atoms with Crippen LogP contribution in [0.4, 0.5) is 0 Å². The Morgan fingerprint density at radius 3 is 2.76 bits per heavy atom. The van der Waals surface area contributed by atoms with Crippen molar-refractivity contribution in [3.63, 3.8) is 0 Å². The van der Waals surface area contributed by atoms with Gasteiger partial charge >= 0.3 is 0 Å². The molecule has 0 bridgehead atoms. The van der Waals surface area contributed by atoms with E-state index < -0.39 is 0 Å². The number of carbonyl (C=O) groups excluding carboxylic acids is 1. The Morgan fingerprint density at radius 1 is 1.18 bits per heavy atom. The van der Waals surface area contributed by atoms with Crippen molar-refractivity contribution in [2.45, 2.75) is 0 Å². The largest absolute Gasteiger partial charge is 0.454 e. The summed E-state index contributed by atoms with van der Waals surface area (Å²) in [7, 11) is 0. The number of rotatable bonds is 2. The van der Waals surface area contributed by atoms with Crippen molar-refractivity contribution in [1.29, 1.82) is 0 Å². The number of aromatic nitrogens is 1. The molecule has 2 aromatic rings. The molecule has 4 nitrogen and oxygen atoms in total. The number of pyridine rings is 1. The van der Waals surface area contributed by atoms with E-state index in [1.165, 1.54) is 0 Å². The predicted molar refractivity (Wildman–Crippen MR) is 61.2 cm³/mol. The molecule has 0 fully saturated rings. The second kappa shape index (κ2) is 3.90. The van der Waals surface area contributed by atoms with E-state index in [0.29, 0.717) is 17.1 Å². The highest BCUT2D eigenvalue weighted by molar-refractivity contribution is 5.84. The van der Waals surface area contributed by atoms with Gasteiger partial charge in [0.05, 0.1) is 0 Å². The third-order valence-electron chi connectivity index (χ3n) is 2.62. The maximum Gasteiger partial charge on any atom is 0.231 e. The molecule has 84 valence electrons. The summed E-state index contributed by atoms with van der Waals surface area (Å²) in [5, 5.41) is 0. The Kier molecular flexibility index (Phi) is 2.26. The molecule has 0 unspecified atom stereocenters. The zero-order chi connectivity index (χ0) is 11.7. The van der Waals surface area contributed by atoms with E-state index >= 15 is 0 Å². The van der Waals surface area contributed by atoms with Gasteiger partial charge in [0.25, 0.3) is 0 Å². The lowest BCUT2D eigenvalue weighted by molar-refractivity contribution is 0.112. The minimum absolute atomic E-state index is 0.190. The third kappa shape index (κ3) is 1.63. The molecule has 0 saturated carbocycles. The van der Waals surface area contributed by atoms with Gasteiger partial charge in [-0.3, -0.25) is 9.78 Å². The average molecular weight is 227 g/mol. The number of benzene rings is 1. The highest BCUT2D eigenvalue weighted by Gasteiger charge is 2.20. The average Bonchev–Trinajstić information content (AvgIpc) is 2.86. The molecule has 1 aromatic carbocycles. The number of fused-ring (bicyclic) bond motifs is 1. The van der Waals surface area contributed by atoms with Crippen LogP contribution in [0.25, 0.3) is 11.1 Å². The summed E-state index contributed by atoms with van der Waals surface area (Å²) in [5.74, 6) is 1.29. The van der Waals surface area contributed by atoms with Crippen molar-refractivity contribution >= 4 is 6.29 Å². The van der Waals surface area contributed by atoms with E-state index in [1.807, 2.05) is 12.1 Å². The SMILES string of the molecule is O=Cc1cc2c(c(-c3ccncc3)c1)OCO2. The molecular weight excluding hydrogens is 218 g/mol. The molecule has 0 saturated heterocycles. The molecule has 0 aliphatic carbocycles. The summed E-state index contributed by atoms with van der Waals surface area (Å²) in [6.45, 7) is 0.190. The molecule has 4 heteroatoms. The summed E-state index contributed by atoms with van der Waals surface area (Å²) in [5.41, 5.74) is 2.37. The topological polar surface area (TPSA) is 48.4 Å². The standard InChI is InChI=1S/C13H9NO3/c15-7-9-5-11(10-1-3-14-4-2-10)13-12(6-9)16-8-17-13/h1-7H,8H2. The van der Waals surface area contributed by atoms with Gasteiger partial charge in [-0.15, -0.1) is 0 Å². The Hall–Kier alpha value is -2.36. The molecule has 0 atom stereocenters. The smallest absolute Gasteiger partial charge is 0.231 e. The molecule has 3 rings (SSSR count). The molecule has 2 heterocycles. The number of hydrogen-bond donors (Lipinski definition) is 0. The van der Waals surface area contributed by atoms with Gasteiger partial charge in [-0.05, 0) is 29.8 Å². The van der Waals surface area contributed by atoms with Gasteiger partial charge in [0.2, 0.25) is 6.79 Å². The fraction of sp³-hybridized carbons (Fsp3) is 0.0769. The van der Waals surface area contributed by atoms with Crippen molar-refractivity contribution < 1.29 is 14.3 Å². The molecule has 0 spiro atoms. The van der Waals surface area contributed by atoms with E-state index in [2.05, 4.69) is 4.98 Å². The van der Waals surface area contributed by atoms with Gasteiger partial charge in [0.1, 0.15) is 6.29 Å². The van der Waals surface area contributed by atoms with E-state index in [0.717, 1.165) is 17.4 Å². The minimum atomic E-state index is 0.190. The van der Waals surface area contributed by atoms with Crippen LogP contribution in [0.2, 0.25) is 0 Å². The Balaban J connectivity index is 2.22. The summed E-state index contributed by atoms with van der Waals surface area (Å²) in [6, 6.07) is 7.20. The van der Waals surface area contributed by atoms with Crippen LogP contribution in [0, 0.1) is 0 Å². The van der Waals surface area contributed by atoms with Gasteiger partial charge in [0.15, 0.2) is 11.5 Å². The van der Waals surface area contributed by atoms with Gasteiger partial charge in [0, 0.05) is 23.5 Å². The molecule has 1 aliphatic heterocycles. The van der Waals surface area contributed by atoms with E-state index in [-0.39, 0.29) is 6.79 Å². The Morgan fingerprint density at radius 2 is 2.00 bits per heavy atom. The van der Waals surface area contributed by atoms with E-state index in [9.17, 15) is 4.79 Å². The number of nitrogens with zero attached hydrogens (tertiary/aromatic N) is 1. The van der Waals surface area contributed by atoms with Gasteiger partial charge < -0.3 is 9.47 Å². The van der Waals surface area contributed by atoms with Gasteiger partial charge in [-0.1, -0.05) is 0 Å². The molecular formula is C13H9NO3. The first-order valence-electron chi connectivity index (χ1n) is 5.18. The number of hydrogen-bond acceptors (Lipinski definition) is 4. The molecule has 1 aromatic heterocycles.